The van der Waals surface area contributed by atoms with Gasteiger partial charge in [-0.1, -0.05) is 30.1 Å². The first kappa shape index (κ1) is 19.2. The van der Waals surface area contributed by atoms with Crippen LogP contribution in [0.1, 0.15) is 41.0 Å². The Balaban J connectivity index is 2.04. The van der Waals surface area contributed by atoms with Crippen LogP contribution in [-0.2, 0) is 14.3 Å². The van der Waals surface area contributed by atoms with Crippen LogP contribution in [0.4, 0.5) is 0 Å². The molecule has 0 fully saturated rings. The molecule has 1 heterocycles. The van der Waals surface area contributed by atoms with E-state index in [4.69, 9.17) is 27.9 Å². The van der Waals surface area contributed by atoms with E-state index in [1.54, 1.807) is 0 Å². The van der Waals surface area contributed by atoms with Crippen molar-refractivity contribution >= 4 is 46.9 Å². The number of hydrogen-bond donors (Lipinski definition) is 1. The fourth-order valence-corrected chi connectivity index (χ4v) is 2.56. The molecule has 134 valence electrons. The zero-order valence-electron chi connectivity index (χ0n) is 13.6. The number of carbonyl (C=O) groups excluding carboxylic acids is 4. The SMILES string of the molecule is CCCNC(=O)[C@H](C)OC(=O)CN1C(=O)c2cc(Cl)c(Cl)cc2C1=O. The molecular weight excluding hydrogens is 371 g/mol. The number of amides is 3. The van der Waals surface area contributed by atoms with E-state index in [-0.39, 0.29) is 21.2 Å². The average Bonchev–Trinajstić information content (AvgIpc) is 2.78. The third kappa shape index (κ3) is 4.11. The van der Waals surface area contributed by atoms with E-state index in [0.29, 0.717) is 6.54 Å². The zero-order chi connectivity index (χ0) is 18.7. The summed E-state index contributed by atoms with van der Waals surface area (Å²) in [5, 5.41) is 2.85. The van der Waals surface area contributed by atoms with Gasteiger partial charge >= 0.3 is 5.97 Å². The molecule has 0 unspecified atom stereocenters. The highest BCUT2D eigenvalue weighted by molar-refractivity contribution is 6.43. The summed E-state index contributed by atoms with van der Waals surface area (Å²) in [6, 6.07) is 2.57. The van der Waals surface area contributed by atoms with Gasteiger partial charge in [-0.3, -0.25) is 24.1 Å². The Morgan fingerprint density at radius 1 is 1.16 bits per heavy atom. The molecule has 0 bridgehead atoms. The van der Waals surface area contributed by atoms with Gasteiger partial charge < -0.3 is 10.1 Å². The molecule has 1 aromatic carbocycles. The van der Waals surface area contributed by atoms with Gasteiger partial charge in [0.25, 0.3) is 17.7 Å². The average molecular weight is 387 g/mol. The number of imide groups is 1. The lowest BCUT2D eigenvalue weighted by Crippen LogP contribution is -2.40. The van der Waals surface area contributed by atoms with Crippen molar-refractivity contribution in [3.63, 3.8) is 0 Å². The molecule has 1 atom stereocenters. The third-order valence-corrected chi connectivity index (χ3v) is 4.25. The Hall–Kier alpha value is -2.12. The van der Waals surface area contributed by atoms with Crippen molar-refractivity contribution in [1.82, 2.24) is 10.2 Å². The van der Waals surface area contributed by atoms with Crippen molar-refractivity contribution in [3.8, 4) is 0 Å². The van der Waals surface area contributed by atoms with Crippen LogP contribution in [0.2, 0.25) is 10.0 Å². The first-order valence-corrected chi connectivity index (χ1v) is 8.34. The van der Waals surface area contributed by atoms with Crippen LogP contribution in [0.5, 0.6) is 0 Å². The number of esters is 1. The maximum absolute atomic E-state index is 12.3. The smallest absolute Gasteiger partial charge is 0.326 e. The largest absolute Gasteiger partial charge is 0.451 e. The van der Waals surface area contributed by atoms with Gasteiger partial charge in [-0.2, -0.15) is 0 Å². The van der Waals surface area contributed by atoms with Crippen molar-refractivity contribution in [3.05, 3.63) is 33.3 Å². The monoisotopic (exact) mass is 386 g/mol. The maximum Gasteiger partial charge on any atom is 0.326 e. The van der Waals surface area contributed by atoms with E-state index in [1.807, 2.05) is 6.92 Å². The number of halogens is 2. The lowest BCUT2D eigenvalue weighted by atomic mass is 10.1. The normalized spacial score (nSPS) is 14.3. The van der Waals surface area contributed by atoms with Gasteiger partial charge in [0.1, 0.15) is 6.54 Å². The van der Waals surface area contributed by atoms with Crippen LogP contribution >= 0.6 is 23.2 Å². The molecule has 0 saturated carbocycles. The minimum Gasteiger partial charge on any atom is -0.451 e. The summed E-state index contributed by atoms with van der Waals surface area (Å²) in [6.45, 7) is 3.15. The summed E-state index contributed by atoms with van der Waals surface area (Å²) in [6.07, 6.45) is -0.287. The van der Waals surface area contributed by atoms with E-state index < -0.39 is 36.3 Å². The lowest BCUT2D eigenvalue weighted by Gasteiger charge is -2.16. The topological polar surface area (TPSA) is 92.8 Å². The van der Waals surface area contributed by atoms with E-state index >= 15 is 0 Å². The zero-order valence-corrected chi connectivity index (χ0v) is 15.1. The fraction of sp³-hybridized carbons (Fsp3) is 0.375. The number of nitrogens with zero attached hydrogens (tertiary/aromatic N) is 1. The number of ether oxygens (including phenoxy) is 1. The Morgan fingerprint density at radius 2 is 1.68 bits per heavy atom. The van der Waals surface area contributed by atoms with Gasteiger partial charge in [-0.15, -0.1) is 0 Å². The Bertz CT molecular complexity index is 709. The van der Waals surface area contributed by atoms with Crippen molar-refractivity contribution in [2.24, 2.45) is 0 Å². The van der Waals surface area contributed by atoms with Crippen molar-refractivity contribution in [1.29, 1.82) is 0 Å². The summed E-state index contributed by atoms with van der Waals surface area (Å²) in [7, 11) is 0. The summed E-state index contributed by atoms with van der Waals surface area (Å²) in [5.74, 6) is -2.65. The van der Waals surface area contributed by atoms with Gasteiger partial charge in [0.2, 0.25) is 0 Å². The standard InChI is InChI=1S/C16H16Cl2N2O5/c1-3-4-19-14(22)8(2)25-13(21)7-20-15(23)9-5-11(17)12(18)6-10(9)16(20)24/h5-6,8H,3-4,7H2,1-2H3,(H,19,22)/t8-/m0/s1. The molecule has 0 radical (unpaired) electrons. The van der Waals surface area contributed by atoms with Crippen LogP contribution in [-0.4, -0.2) is 47.8 Å². The maximum atomic E-state index is 12.3. The van der Waals surface area contributed by atoms with E-state index in [0.717, 1.165) is 11.3 Å². The highest BCUT2D eigenvalue weighted by Gasteiger charge is 2.38. The summed E-state index contributed by atoms with van der Waals surface area (Å²) < 4.78 is 4.96. The van der Waals surface area contributed by atoms with Crippen LogP contribution in [0.3, 0.4) is 0 Å². The molecule has 2 rings (SSSR count). The van der Waals surface area contributed by atoms with Crippen LogP contribution in [0.25, 0.3) is 0 Å². The molecule has 0 aliphatic carbocycles. The predicted molar refractivity (Wildman–Crippen MR) is 90.7 cm³/mol. The fourth-order valence-electron chi connectivity index (χ4n) is 2.24. The molecule has 25 heavy (non-hydrogen) atoms. The van der Waals surface area contributed by atoms with Crippen LogP contribution in [0, 0.1) is 0 Å². The molecule has 0 spiro atoms. The van der Waals surface area contributed by atoms with Gasteiger partial charge in [0.05, 0.1) is 21.2 Å². The van der Waals surface area contributed by atoms with Gasteiger partial charge in [0.15, 0.2) is 6.10 Å². The molecule has 1 aliphatic rings. The minimum atomic E-state index is -1.03. The predicted octanol–water partition coefficient (Wildman–Crippen LogP) is 2.05. The Morgan fingerprint density at radius 3 is 2.16 bits per heavy atom. The number of nitrogens with one attached hydrogen (secondary N) is 1. The first-order valence-electron chi connectivity index (χ1n) is 7.58. The molecule has 1 N–H and O–H groups in total. The van der Waals surface area contributed by atoms with Crippen molar-refractivity contribution in [2.75, 3.05) is 13.1 Å². The Kier molecular flexibility index (Phi) is 6.02. The second-order valence-corrected chi connectivity index (χ2v) is 6.25. The molecule has 0 aromatic heterocycles. The van der Waals surface area contributed by atoms with Crippen LogP contribution in [0.15, 0.2) is 12.1 Å². The number of carbonyl (C=O) groups is 4. The third-order valence-electron chi connectivity index (χ3n) is 3.53. The lowest BCUT2D eigenvalue weighted by molar-refractivity contribution is -0.154. The molecule has 7 nitrogen and oxygen atoms in total. The second kappa shape index (κ2) is 7.84. The summed E-state index contributed by atoms with van der Waals surface area (Å²) in [5.41, 5.74) is 0.141. The van der Waals surface area contributed by atoms with Gasteiger partial charge in [-0.25, -0.2) is 0 Å². The quantitative estimate of drug-likeness (QED) is 0.596. The number of benzene rings is 1. The van der Waals surface area contributed by atoms with E-state index in [1.165, 1.54) is 19.1 Å². The highest BCUT2D eigenvalue weighted by atomic mass is 35.5. The van der Waals surface area contributed by atoms with E-state index in [9.17, 15) is 19.2 Å². The number of hydrogen-bond acceptors (Lipinski definition) is 5. The molecule has 3 amide bonds. The van der Waals surface area contributed by atoms with Crippen molar-refractivity contribution in [2.45, 2.75) is 26.4 Å². The Labute approximate surface area is 154 Å². The number of rotatable bonds is 6. The van der Waals surface area contributed by atoms with Gasteiger partial charge in [-0.05, 0) is 25.5 Å². The van der Waals surface area contributed by atoms with Crippen molar-refractivity contribution < 1.29 is 23.9 Å². The highest BCUT2D eigenvalue weighted by Crippen LogP contribution is 2.31. The first-order chi connectivity index (χ1) is 11.8. The number of fused-ring (bicyclic) bond motifs is 1. The molecule has 1 aliphatic heterocycles. The molecular formula is C16H16Cl2N2O5. The van der Waals surface area contributed by atoms with Gasteiger partial charge in [0, 0.05) is 6.54 Å². The summed E-state index contributed by atoms with van der Waals surface area (Å²) in [4.78, 5) is 49.0. The minimum absolute atomic E-state index is 0.0703. The summed E-state index contributed by atoms with van der Waals surface area (Å²) >= 11 is 11.7. The second-order valence-electron chi connectivity index (χ2n) is 5.43. The molecule has 0 saturated heterocycles. The van der Waals surface area contributed by atoms with Crippen LogP contribution < -0.4 is 5.32 Å². The molecule has 1 aromatic rings. The molecule has 9 heteroatoms. The van der Waals surface area contributed by atoms with E-state index in [2.05, 4.69) is 5.32 Å².